The van der Waals surface area contributed by atoms with Crippen molar-refractivity contribution < 1.29 is 4.74 Å². The summed E-state index contributed by atoms with van der Waals surface area (Å²) in [7, 11) is 1.67. The maximum absolute atomic E-state index is 8.96. The van der Waals surface area contributed by atoms with Gasteiger partial charge in [-0.25, -0.2) is 0 Å². The number of nitrogens with one attached hydrogen (secondary N) is 1. The number of hydrogen-bond acceptors (Lipinski definition) is 4. The first-order valence-corrected chi connectivity index (χ1v) is 4.90. The zero-order chi connectivity index (χ0) is 10.9. The lowest BCUT2D eigenvalue weighted by atomic mass is 10.1. The molecule has 0 radical (unpaired) electrons. The standard InChI is InChI=1S/C11H15N3O/c1-15-7-3-6-14-11(8-12)10-4-2-5-13-9-10/h2,4-5,9,11,14H,3,6-7H2,1H3. The van der Waals surface area contributed by atoms with Crippen LogP contribution in [0.4, 0.5) is 0 Å². The number of hydrogen-bond donors (Lipinski definition) is 1. The number of nitrogens with zero attached hydrogens (tertiary/aromatic N) is 2. The molecule has 0 aliphatic heterocycles. The Morgan fingerprint density at radius 1 is 1.67 bits per heavy atom. The van der Waals surface area contributed by atoms with E-state index in [1.54, 1.807) is 19.5 Å². The van der Waals surface area contributed by atoms with Gasteiger partial charge in [0.25, 0.3) is 0 Å². The number of aromatic nitrogens is 1. The van der Waals surface area contributed by atoms with Crippen LogP contribution in [0, 0.1) is 11.3 Å². The van der Waals surface area contributed by atoms with Gasteiger partial charge in [0.05, 0.1) is 6.07 Å². The summed E-state index contributed by atoms with van der Waals surface area (Å²) in [6, 6.07) is 5.64. The van der Waals surface area contributed by atoms with E-state index in [1.807, 2.05) is 12.1 Å². The van der Waals surface area contributed by atoms with Gasteiger partial charge in [0.2, 0.25) is 0 Å². The van der Waals surface area contributed by atoms with E-state index in [0.29, 0.717) is 6.61 Å². The third-order valence-corrected chi connectivity index (χ3v) is 2.02. The van der Waals surface area contributed by atoms with Gasteiger partial charge in [0, 0.05) is 31.7 Å². The summed E-state index contributed by atoms with van der Waals surface area (Å²) in [6.07, 6.45) is 4.30. The summed E-state index contributed by atoms with van der Waals surface area (Å²) < 4.78 is 4.93. The molecular formula is C11H15N3O. The van der Waals surface area contributed by atoms with Gasteiger partial charge < -0.3 is 4.74 Å². The Hall–Kier alpha value is -1.44. The Morgan fingerprint density at radius 2 is 2.53 bits per heavy atom. The second-order valence-electron chi connectivity index (χ2n) is 3.15. The molecule has 1 rings (SSSR count). The lowest BCUT2D eigenvalue weighted by molar-refractivity contribution is 0.194. The zero-order valence-electron chi connectivity index (χ0n) is 8.81. The number of ether oxygens (including phenoxy) is 1. The van der Waals surface area contributed by atoms with Crippen molar-refractivity contribution in [2.75, 3.05) is 20.3 Å². The number of nitriles is 1. The molecule has 80 valence electrons. The Bertz CT molecular complexity index is 307. The van der Waals surface area contributed by atoms with Crippen LogP contribution in [0.15, 0.2) is 24.5 Å². The fraction of sp³-hybridized carbons (Fsp3) is 0.455. The lowest BCUT2D eigenvalue weighted by Crippen LogP contribution is -2.22. The SMILES string of the molecule is COCCCNC(C#N)c1cccnc1. The first-order chi connectivity index (χ1) is 7.38. The highest BCUT2D eigenvalue weighted by atomic mass is 16.5. The molecule has 1 N–H and O–H groups in total. The quantitative estimate of drug-likeness (QED) is 0.710. The maximum atomic E-state index is 8.96. The van der Waals surface area contributed by atoms with Crippen molar-refractivity contribution in [2.45, 2.75) is 12.5 Å². The second-order valence-corrected chi connectivity index (χ2v) is 3.15. The molecule has 15 heavy (non-hydrogen) atoms. The largest absolute Gasteiger partial charge is 0.385 e. The summed E-state index contributed by atoms with van der Waals surface area (Å²) in [5, 5.41) is 12.1. The Morgan fingerprint density at radius 3 is 3.13 bits per heavy atom. The Labute approximate surface area is 89.9 Å². The van der Waals surface area contributed by atoms with Crippen molar-refractivity contribution in [3.63, 3.8) is 0 Å². The van der Waals surface area contributed by atoms with Gasteiger partial charge in [-0.3, -0.25) is 10.3 Å². The molecule has 0 amide bonds. The van der Waals surface area contributed by atoms with Gasteiger partial charge in [0.15, 0.2) is 0 Å². The smallest absolute Gasteiger partial charge is 0.122 e. The van der Waals surface area contributed by atoms with Crippen LogP contribution >= 0.6 is 0 Å². The van der Waals surface area contributed by atoms with Crippen molar-refractivity contribution in [2.24, 2.45) is 0 Å². The molecule has 1 heterocycles. The second kappa shape index (κ2) is 6.93. The normalized spacial score (nSPS) is 12.0. The van der Waals surface area contributed by atoms with Crippen molar-refractivity contribution in [1.29, 1.82) is 5.26 Å². The summed E-state index contributed by atoms with van der Waals surface area (Å²) in [6.45, 7) is 1.47. The van der Waals surface area contributed by atoms with Crippen molar-refractivity contribution >= 4 is 0 Å². The molecule has 1 aromatic heterocycles. The molecule has 0 saturated carbocycles. The molecule has 0 spiro atoms. The van der Waals surface area contributed by atoms with Gasteiger partial charge in [-0.2, -0.15) is 5.26 Å². The average molecular weight is 205 g/mol. The summed E-state index contributed by atoms with van der Waals surface area (Å²) >= 11 is 0. The summed E-state index contributed by atoms with van der Waals surface area (Å²) in [5.41, 5.74) is 0.900. The molecule has 4 heteroatoms. The zero-order valence-corrected chi connectivity index (χ0v) is 8.81. The number of rotatable bonds is 6. The summed E-state index contributed by atoms with van der Waals surface area (Å²) in [4.78, 5) is 3.98. The van der Waals surface area contributed by atoms with E-state index in [9.17, 15) is 0 Å². The highest BCUT2D eigenvalue weighted by Crippen LogP contribution is 2.09. The monoisotopic (exact) mass is 205 g/mol. The number of methoxy groups -OCH3 is 1. The molecular weight excluding hydrogens is 190 g/mol. The van der Waals surface area contributed by atoms with Gasteiger partial charge in [-0.05, 0) is 19.0 Å². The molecule has 1 aromatic rings. The van der Waals surface area contributed by atoms with E-state index in [-0.39, 0.29) is 6.04 Å². The number of pyridine rings is 1. The topological polar surface area (TPSA) is 57.9 Å². The third-order valence-electron chi connectivity index (χ3n) is 2.02. The van der Waals surface area contributed by atoms with Crippen LogP contribution in [-0.4, -0.2) is 25.2 Å². The van der Waals surface area contributed by atoms with E-state index in [4.69, 9.17) is 10.00 Å². The van der Waals surface area contributed by atoms with Crippen molar-refractivity contribution in [3.8, 4) is 6.07 Å². The van der Waals surface area contributed by atoms with Crippen molar-refractivity contribution in [3.05, 3.63) is 30.1 Å². The predicted molar refractivity (Wildman–Crippen MR) is 57.1 cm³/mol. The van der Waals surface area contributed by atoms with Crippen LogP contribution in [0.3, 0.4) is 0 Å². The third kappa shape index (κ3) is 4.07. The molecule has 0 aliphatic rings. The molecule has 0 saturated heterocycles. The minimum absolute atomic E-state index is 0.282. The molecule has 1 atom stereocenters. The first-order valence-electron chi connectivity index (χ1n) is 4.90. The fourth-order valence-corrected chi connectivity index (χ4v) is 1.25. The van der Waals surface area contributed by atoms with Gasteiger partial charge in [-0.15, -0.1) is 0 Å². The minimum Gasteiger partial charge on any atom is -0.385 e. The minimum atomic E-state index is -0.282. The van der Waals surface area contributed by atoms with Crippen LogP contribution in [0.1, 0.15) is 18.0 Å². The van der Waals surface area contributed by atoms with Crippen LogP contribution in [0.5, 0.6) is 0 Å². The molecule has 0 fully saturated rings. The van der Waals surface area contributed by atoms with Crippen molar-refractivity contribution in [1.82, 2.24) is 10.3 Å². The lowest BCUT2D eigenvalue weighted by Gasteiger charge is -2.10. The molecule has 0 bridgehead atoms. The maximum Gasteiger partial charge on any atom is 0.122 e. The van der Waals surface area contributed by atoms with E-state index >= 15 is 0 Å². The predicted octanol–water partition coefficient (Wildman–Crippen LogP) is 1.27. The molecule has 0 aliphatic carbocycles. The molecule has 0 aromatic carbocycles. The highest BCUT2D eigenvalue weighted by molar-refractivity contribution is 5.19. The van der Waals surface area contributed by atoms with E-state index in [2.05, 4.69) is 16.4 Å². The van der Waals surface area contributed by atoms with Crippen LogP contribution in [0.25, 0.3) is 0 Å². The summed E-state index contributed by atoms with van der Waals surface area (Å²) in [5.74, 6) is 0. The van der Waals surface area contributed by atoms with Crippen LogP contribution in [0.2, 0.25) is 0 Å². The van der Waals surface area contributed by atoms with E-state index in [0.717, 1.165) is 18.5 Å². The van der Waals surface area contributed by atoms with E-state index < -0.39 is 0 Å². The van der Waals surface area contributed by atoms with E-state index in [1.165, 1.54) is 0 Å². The molecule has 1 unspecified atom stereocenters. The molecule has 4 nitrogen and oxygen atoms in total. The van der Waals surface area contributed by atoms with Crippen LogP contribution in [-0.2, 0) is 4.74 Å². The average Bonchev–Trinajstić information content (AvgIpc) is 2.30. The van der Waals surface area contributed by atoms with Gasteiger partial charge in [0.1, 0.15) is 6.04 Å². The fourth-order valence-electron chi connectivity index (χ4n) is 1.25. The van der Waals surface area contributed by atoms with Gasteiger partial charge in [-0.1, -0.05) is 6.07 Å². The Kier molecular flexibility index (Phi) is 5.38. The van der Waals surface area contributed by atoms with Crippen LogP contribution < -0.4 is 5.32 Å². The van der Waals surface area contributed by atoms with Gasteiger partial charge >= 0.3 is 0 Å². The first kappa shape index (κ1) is 11.6. The Balaban J connectivity index is 2.41. The highest BCUT2D eigenvalue weighted by Gasteiger charge is 2.08.